The molecule has 1 atom stereocenters. The number of sulfonamides is 1. The summed E-state index contributed by atoms with van der Waals surface area (Å²) in [7, 11) is -3.21. The van der Waals surface area contributed by atoms with E-state index in [1.165, 1.54) is 11.8 Å². The fourth-order valence-electron chi connectivity index (χ4n) is 3.91. The Kier molecular flexibility index (Phi) is 7.50. The largest absolute Gasteiger partial charge is 0.475 e. The van der Waals surface area contributed by atoms with Crippen molar-refractivity contribution in [3.05, 3.63) is 59.3 Å². The third-order valence-corrected chi connectivity index (χ3v) is 6.17. The minimum atomic E-state index is -3.21. The molecule has 2 heterocycles. The fraction of sp³-hybridized carbons (Fsp3) is 0.522. The van der Waals surface area contributed by atoms with Gasteiger partial charge in [0.15, 0.2) is 0 Å². The third kappa shape index (κ3) is 6.79. The molecule has 1 fully saturated rings. The van der Waals surface area contributed by atoms with Crippen LogP contribution in [-0.4, -0.2) is 43.8 Å². The second-order valence-corrected chi connectivity index (χ2v) is 10.3. The first-order valence-corrected chi connectivity index (χ1v) is 12.5. The maximum atomic E-state index is 11.4. The maximum Gasteiger partial charge on any atom is 0.213 e. The predicted molar refractivity (Wildman–Crippen MR) is 120 cm³/mol. The first kappa shape index (κ1) is 22.7. The highest BCUT2D eigenvalue weighted by Crippen LogP contribution is 2.29. The first-order valence-electron chi connectivity index (χ1n) is 10.6. The van der Waals surface area contributed by atoms with Crippen LogP contribution in [0, 0.1) is 0 Å². The lowest BCUT2D eigenvalue weighted by atomic mass is 9.92. The van der Waals surface area contributed by atoms with E-state index in [4.69, 9.17) is 9.72 Å². The molecular formula is C23H33N3O3S. The van der Waals surface area contributed by atoms with Gasteiger partial charge in [0.05, 0.1) is 12.4 Å². The number of aromatic nitrogens is 1. The van der Waals surface area contributed by atoms with Crippen LogP contribution in [0.15, 0.2) is 42.5 Å². The summed E-state index contributed by atoms with van der Waals surface area (Å²) < 4.78 is 31.2. The highest BCUT2D eigenvalue weighted by molar-refractivity contribution is 7.88. The summed E-state index contributed by atoms with van der Waals surface area (Å²) in [5, 5.41) is 0. The van der Waals surface area contributed by atoms with E-state index in [0.29, 0.717) is 11.8 Å². The number of hydrogen-bond acceptors (Lipinski definition) is 5. The smallest absolute Gasteiger partial charge is 0.213 e. The topological polar surface area (TPSA) is 71.5 Å². The van der Waals surface area contributed by atoms with Gasteiger partial charge in [-0.15, -0.1) is 0 Å². The molecule has 0 bridgehead atoms. The Morgan fingerprint density at radius 2 is 1.77 bits per heavy atom. The van der Waals surface area contributed by atoms with Gasteiger partial charge in [0.1, 0.15) is 0 Å². The second-order valence-electron chi connectivity index (χ2n) is 8.47. The number of hydrogen-bond donors (Lipinski definition) is 1. The van der Waals surface area contributed by atoms with Gasteiger partial charge in [-0.1, -0.05) is 30.3 Å². The molecule has 7 heteroatoms. The van der Waals surface area contributed by atoms with Crippen LogP contribution >= 0.6 is 0 Å². The standard InChI is InChI=1S/C23H33N3O3S/c1-17(2)29-23-7-5-6-22(24-23)21-12-14-26(15-13-21)16-19-8-10-20(11-9-19)18(3)25-30(4,27)28/h5-11,17-18,21,25H,12-16H2,1-4H3/t18-/m1/s1. The monoisotopic (exact) mass is 431 g/mol. The van der Waals surface area contributed by atoms with Crippen molar-refractivity contribution in [3.63, 3.8) is 0 Å². The molecule has 1 aliphatic rings. The van der Waals surface area contributed by atoms with E-state index in [-0.39, 0.29) is 12.1 Å². The SMILES string of the molecule is CC(C)Oc1cccc(C2CCN(Cc3ccc([C@@H](C)NS(C)(=O)=O)cc3)CC2)n1. The zero-order valence-corrected chi connectivity index (χ0v) is 19.2. The normalized spacial score (nSPS) is 17.2. The Morgan fingerprint density at radius 3 is 2.37 bits per heavy atom. The van der Waals surface area contributed by atoms with Crippen LogP contribution in [0.2, 0.25) is 0 Å². The zero-order valence-electron chi connectivity index (χ0n) is 18.3. The van der Waals surface area contributed by atoms with Gasteiger partial charge in [-0.25, -0.2) is 18.1 Å². The van der Waals surface area contributed by atoms with Gasteiger partial charge in [0, 0.05) is 30.3 Å². The number of benzene rings is 1. The van der Waals surface area contributed by atoms with E-state index in [0.717, 1.165) is 43.7 Å². The van der Waals surface area contributed by atoms with Gasteiger partial charge in [-0.05, 0) is 63.9 Å². The van der Waals surface area contributed by atoms with Crippen LogP contribution < -0.4 is 9.46 Å². The molecule has 0 saturated carbocycles. The molecule has 0 radical (unpaired) electrons. The van der Waals surface area contributed by atoms with Crippen LogP contribution in [0.25, 0.3) is 0 Å². The van der Waals surface area contributed by atoms with Gasteiger partial charge >= 0.3 is 0 Å². The van der Waals surface area contributed by atoms with Crippen molar-refractivity contribution in [3.8, 4) is 5.88 Å². The Labute approximate surface area is 180 Å². The van der Waals surface area contributed by atoms with Gasteiger partial charge in [-0.3, -0.25) is 4.90 Å². The number of ether oxygens (including phenoxy) is 1. The number of pyridine rings is 1. The predicted octanol–water partition coefficient (Wildman–Crippen LogP) is 3.86. The Balaban J connectivity index is 1.52. The molecule has 1 aromatic heterocycles. The lowest BCUT2D eigenvalue weighted by molar-refractivity contribution is 0.201. The van der Waals surface area contributed by atoms with Crippen molar-refractivity contribution in [2.24, 2.45) is 0 Å². The van der Waals surface area contributed by atoms with E-state index in [1.807, 2.05) is 45.0 Å². The fourth-order valence-corrected chi connectivity index (χ4v) is 4.69. The second kappa shape index (κ2) is 9.90. The van der Waals surface area contributed by atoms with Crippen LogP contribution in [0.5, 0.6) is 5.88 Å². The van der Waals surface area contributed by atoms with Crippen LogP contribution in [0.3, 0.4) is 0 Å². The average molecular weight is 432 g/mol. The van der Waals surface area contributed by atoms with Crippen molar-refractivity contribution in [1.29, 1.82) is 0 Å². The van der Waals surface area contributed by atoms with Crippen LogP contribution in [0.1, 0.15) is 62.4 Å². The number of rotatable bonds is 8. The van der Waals surface area contributed by atoms with Crippen molar-refractivity contribution < 1.29 is 13.2 Å². The van der Waals surface area contributed by atoms with Crippen LogP contribution in [-0.2, 0) is 16.6 Å². The molecule has 1 N–H and O–H groups in total. The molecule has 2 aromatic rings. The highest BCUT2D eigenvalue weighted by Gasteiger charge is 2.22. The Bertz CT molecular complexity index is 921. The molecule has 1 aromatic carbocycles. The lowest BCUT2D eigenvalue weighted by Crippen LogP contribution is -2.32. The summed E-state index contributed by atoms with van der Waals surface area (Å²) in [5.41, 5.74) is 3.34. The minimum Gasteiger partial charge on any atom is -0.475 e. The molecule has 0 spiro atoms. The number of nitrogens with one attached hydrogen (secondary N) is 1. The highest BCUT2D eigenvalue weighted by atomic mass is 32.2. The van der Waals surface area contributed by atoms with E-state index < -0.39 is 10.0 Å². The average Bonchev–Trinajstić information content (AvgIpc) is 2.67. The molecule has 3 rings (SSSR count). The molecular weight excluding hydrogens is 398 g/mol. The summed E-state index contributed by atoms with van der Waals surface area (Å²) in [6.07, 6.45) is 3.49. The van der Waals surface area contributed by atoms with E-state index in [9.17, 15) is 8.42 Å². The number of nitrogens with zero attached hydrogens (tertiary/aromatic N) is 2. The molecule has 30 heavy (non-hydrogen) atoms. The van der Waals surface area contributed by atoms with Crippen LogP contribution in [0.4, 0.5) is 0 Å². The molecule has 6 nitrogen and oxygen atoms in total. The summed E-state index contributed by atoms with van der Waals surface area (Å²) in [6.45, 7) is 8.87. The molecule has 1 saturated heterocycles. The van der Waals surface area contributed by atoms with Crippen molar-refractivity contribution in [2.75, 3.05) is 19.3 Å². The summed E-state index contributed by atoms with van der Waals surface area (Å²) in [5.74, 6) is 1.19. The lowest BCUT2D eigenvalue weighted by Gasteiger charge is -2.32. The minimum absolute atomic E-state index is 0.131. The summed E-state index contributed by atoms with van der Waals surface area (Å²) >= 11 is 0. The quantitative estimate of drug-likeness (QED) is 0.687. The Morgan fingerprint density at radius 1 is 1.10 bits per heavy atom. The van der Waals surface area contributed by atoms with Gasteiger partial charge in [0.2, 0.25) is 15.9 Å². The molecule has 1 aliphatic heterocycles. The Hall–Kier alpha value is -1.96. The third-order valence-electron chi connectivity index (χ3n) is 5.38. The first-order chi connectivity index (χ1) is 14.2. The molecule has 0 unspecified atom stereocenters. The van der Waals surface area contributed by atoms with E-state index >= 15 is 0 Å². The van der Waals surface area contributed by atoms with E-state index in [1.54, 1.807) is 0 Å². The van der Waals surface area contributed by atoms with Gasteiger partial charge in [-0.2, -0.15) is 0 Å². The van der Waals surface area contributed by atoms with Crippen molar-refractivity contribution >= 4 is 10.0 Å². The maximum absolute atomic E-state index is 11.4. The number of likely N-dealkylation sites (tertiary alicyclic amines) is 1. The zero-order chi connectivity index (χ0) is 21.7. The van der Waals surface area contributed by atoms with E-state index in [2.05, 4.69) is 27.8 Å². The molecule has 164 valence electrons. The molecule has 0 amide bonds. The van der Waals surface area contributed by atoms with Gasteiger partial charge in [0.25, 0.3) is 0 Å². The summed E-state index contributed by atoms with van der Waals surface area (Å²) in [6, 6.07) is 14.0. The van der Waals surface area contributed by atoms with Crippen molar-refractivity contribution in [1.82, 2.24) is 14.6 Å². The van der Waals surface area contributed by atoms with Gasteiger partial charge < -0.3 is 4.74 Å². The van der Waals surface area contributed by atoms with Crippen molar-refractivity contribution in [2.45, 2.75) is 58.2 Å². The summed E-state index contributed by atoms with van der Waals surface area (Å²) in [4.78, 5) is 7.18. The molecule has 0 aliphatic carbocycles. The number of piperidine rings is 1.